The zero-order chi connectivity index (χ0) is 11.9. The maximum Gasteiger partial charge on any atom is 0.0474 e. The van der Waals surface area contributed by atoms with Crippen LogP contribution >= 0.6 is 0 Å². The highest BCUT2D eigenvalue weighted by atomic mass is 16.5. The van der Waals surface area contributed by atoms with Crippen LogP contribution in [-0.2, 0) is 4.74 Å². The number of unbranched alkanes of at least 4 members (excludes halogenated alkanes) is 7. The van der Waals surface area contributed by atoms with Gasteiger partial charge in [-0.1, -0.05) is 51.9 Å². The SMILES string of the molecule is CCCCCCCCCCNCCCOC. The van der Waals surface area contributed by atoms with Crippen molar-refractivity contribution in [3.63, 3.8) is 0 Å². The molecule has 0 rings (SSSR count). The van der Waals surface area contributed by atoms with Crippen molar-refractivity contribution < 1.29 is 4.74 Å². The fourth-order valence-corrected chi connectivity index (χ4v) is 1.85. The van der Waals surface area contributed by atoms with Crippen molar-refractivity contribution in [3.05, 3.63) is 0 Å². The van der Waals surface area contributed by atoms with Gasteiger partial charge in [-0.15, -0.1) is 0 Å². The quantitative estimate of drug-likeness (QED) is 0.486. The normalized spacial score (nSPS) is 10.9. The lowest BCUT2D eigenvalue weighted by Crippen LogP contribution is -2.17. The first kappa shape index (κ1) is 15.9. The summed E-state index contributed by atoms with van der Waals surface area (Å²) in [5.41, 5.74) is 0. The summed E-state index contributed by atoms with van der Waals surface area (Å²) in [6, 6.07) is 0. The third-order valence-corrected chi connectivity index (χ3v) is 2.91. The van der Waals surface area contributed by atoms with Crippen molar-refractivity contribution in [3.8, 4) is 0 Å². The third kappa shape index (κ3) is 13.9. The summed E-state index contributed by atoms with van der Waals surface area (Å²) in [7, 11) is 1.76. The standard InChI is InChI=1S/C14H31NO/c1-3-4-5-6-7-8-9-10-12-15-13-11-14-16-2/h15H,3-14H2,1-2H3. The molecule has 0 atom stereocenters. The number of methoxy groups -OCH3 is 1. The van der Waals surface area contributed by atoms with Gasteiger partial charge >= 0.3 is 0 Å². The van der Waals surface area contributed by atoms with Crippen LogP contribution < -0.4 is 5.32 Å². The van der Waals surface area contributed by atoms with Gasteiger partial charge in [-0.05, 0) is 25.9 Å². The zero-order valence-corrected chi connectivity index (χ0v) is 11.4. The van der Waals surface area contributed by atoms with Gasteiger partial charge < -0.3 is 10.1 Å². The van der Waals surface area contributed by atoms with Gasteiger partial charge in [0, 0.05) is 13.7 Å². The first-order valence-electron chi connectivity index (χ1n) is 7.11. The Morgan fingerprint density at radius 3 is 1.94 bits per heavy atom. The van der Waals surface area contributed by atoms with Crippen molar-refractivity contribution in [2.45, 2.75) is 64.7 Å². The summed E-state index contributed by atoms with van der Waals surface area (Å²) in [5, 5.41) is 3.45. The monoisotopic (exact) mass is 229 g/mol. The highest BCUT2D eigenvalue weighted by Crippen LogP contribution is 2.07. The van der Waals surface area contributed by atoms with E-state index >= 15 is 0 Å². The van der Waals surface area contributed by atoms with Crippen LogP contribution in [0.3, 0.4) is 0 Å². The topological polar surface area (TPSA) is 21.3 Å². The van der Waals surface area contributed by atoms with Crippen molar-refractivity contribution >= 4 is 0 Å². The molecule has 0 aromatic heterocycles. The second-order valence-corrected chi connectivity index (χ2v) is 4.57. The van der Waals surface area contributed by atoms with Crippen LogP contribution in [0, 0.1) is 0 Å². The Hall–Kier alpha value is -0.0800. The molecule has 1 N–H and O–H groups in total. The predicted molar refractivity (Wildman–Crippen MR) is 72.0 cm³/mol. The van der Waals surface area contributed by atoms with Gasteiger partial charge in [0.05, 0.1) is 0 Å². The number of nitrogens with one attached hydrogen (secondary N) is 1. The van der Waals surface area contributed by atoms with E-state index in [0.717, 1.165) is 19.6 Å². The molecule has 0 saturated heterocycles. The van der Waals surface area contributed by atoms with Crippen molar-refractivity contribution in [1.82, 2.24) is 5.32 Å². The van der Waals surface area contributed by atoms with Crippen LogP contribution in [0.15, 0.2) is 0 Å². The van der Waals surface area contributed by atoms with Crippen molar-refractivity contribution in [2.75, 3.05) is 26.8 Å². The lowest BCUT2D eigenvalue weighted by atomic mass is 10.1. The van der Waals surface area contributed by atoms with Crippen LogP contribution in [0.5, 0.6) is 0 Å². The Balaban J connectivity index is 2.83. The van der Waals surface area contributed by atoms with E-state index in [0.29, 0.717) is 0 Å². The van der Waals surface area contributed by atoms with Gasteiger partial charge in [-0.2, -0.15) is 0 Å². The van der Waals surface area contributed by atoms with E-state index in [1.807, 2.05) is 0 Å². The van der Waals surface area contributed by atoms with Gasteiger partial charge in [-0.3, -0.25) is 0 Å². The molecule has 98 valence electrons. The minimum atomic E-state index is 0.879. The number of ether oxygens (including phenoxy) is 1. The summed E-state index contributed by atoms with van der Waals surface area (Å²) in [6.45, 7) is 5.43. The highest BCUT2D eigenvalue weighted by Gasteiger charge is 1.91. The second kappa shape index (κ2) is 14.9. The highest BCUT2D eigenvalue weighted by molar-refractivity contribution is 4.50. The largest absolute Gasteiger partial charge is 0.385 e. The van der Waals surface area contributed by atoms with Gasteiger partial charge in [0.2, 0.25) is 0 Å². The lowest BCUT2D eigenvalue weighted by Gasteiger charge is -2.04. The zero-order valence-electron chi connectivity index (χ0n) is 11.4. The van der Waals surface area contributed by atoms with E-state index in [1.165, 1.54) is 57.9 Å². The molecule has 0 radical (unpaired) electrons. The third-order valence-electron chi connectivity index (χ3n) is 2.91. The summed E-state index contributed by atoms with van der Waals surface area (Å²) < 4.78 is 4.99. The Bertz CT molecular complexity index is 103. The summed E-state index contributed by atoms with van der Waals surface area (Å²) in [5.74, 6) is 0. The van der Waals surface area contributed by atoms with Gasteiger partial charge in [0.25, 0.3) is 0 Å². The molecule has 0 heterocycles. The Morgan fingerprint density at radius 2 is 1.31 bits per heavy atom. The maximum absolute atomic E-state index is 4.99. The predicted octanol–water partition coefficient (Wildman–Crippen LogP) is 3.75. The van der Waals surface area contributed by atoms with E-state index in [-0.39, 0.29) is 0 Å². The first-order valence-corrected chi connectivity index (χ1v) is 7.11. The van der Waals surface area contributed by atoms with E-state index in [1.54, 1.807) is 7.11 Å². The molecule has 0 aliphatic heterocycles. The summed E-state index contributed by atoms with van der Waals surface area (Å²) in [6.07, 6.45) is 12.4. The van der Waals surface area contributed by atoms with Crippen molar-refractivity contribution in [2.24, 2.45) is 0 Å². The fraction of sp³-hybridized carbons (Fsp3) is 1.00. The van der Waals surface area contributed by atoms with E-state index in [9.17, 15) is 0 Å². The average Bonchev–Trinajstić information content (AvgIpc) is 2.31. The molecular formula is C14H31NO. The molecule has 0 unspecified atom stereocenters. The van der Waals surface area contributed by atoms with Crippen LogP contribution in [0.4, 0.5) is 0 Å². The molecule has 0 aromatic carbocycles. The molecule has 0 aromatic rings. The molecular weight excluding hydrogens is 198 g/mol. The molecule has 0 aliphatic rings. The molecule has 0 amide bonds. The molecule has 0 saturated carbocycles. The lowest BCUT2D eigenvalue weighted by molar-refractivity contribution is 0.194. The average molecular weight is 229 g/mol. The van der Waals surface area contributed by atoms with Gasteiger partial charge in [0.1, 0.15) is 0 Å². The van der Waals surface area contributed by atoms with E-state index < -0.39 is 0 Å². The van der Waals surface area contributed by atoms with Crippen LogP contribution in [0.1, 0.15) is 64.7 Å². The minimum absolute atomic E-state index is 0.879. The number of hydrogen-bond donors (Lipinski definition) is 1. The number of hydrogen-bond acceptors (Lipinski definition) is 2. The minimum Gasteiger partial charge on any atom is -0.385 e. The second-order valence-electron chi connectivity index (χ2n) is 4.57. The molecule has 0 spiro atoms. The molecule has 16 heavy (non-hydrogen) atoms. The van der Waals surface area contributed by atoms with Gasteiger partial charge in [-0.25, -0.2) is 0 Å². The molecule has 0 fully saturated rings. The Morgan fingerprint density at radius 1 is 0.750 bits per heavy atom. The Kier molecular flexibility index (Phi) is 14.8. The fourth-order valence-electron chi connectivity index (χ4n) is 1.85. The molecule has 2 nitrogen and oxygen atoms in total. The maximum atomic E-state index is 4.99. The number of rotatable bonds is 13. The van der Waals surface area contributed by atoms with Crippen LogP contribution in [0.25, 0.3) is 0 Å². The molecule has 0 aliphatic carbocycles. The summed E-state index contributed by atoms with van der Waals surface area (Å²) in [4.78, 5) is 0. The van der Waals surface area contributed by atoms with Gasteiger partial charge in [0.15, 0.2) is 0 Å². The Labute approximate surface area is 102 Å². The van der Waals surface area contributed by atoms with Crippen molar-refractivity contribution in [1.29, 1.82) is 0 Å². The first-order chi connectivity index (χ1) is 7.91. The summed E-state index contributed by atoms with van der Waals surface area (Å²) >= 11 is 0. The molecule has 0 bridgehead atoms. The smallest absolute Gasteiger partial charge is 0.0474 e. The van der Waals surface area contributed by atoms with Crippen LogP contribution in [-0.4, -0.2) is 26.8 Å². The molecule has 2 heteroatoms. The van der Waals surface area contributed by atoms with Crippen LogP contribution in [0.2, 0.25) is 0 Å². The van der Waals surface area contributed by atoms with E-state index in [2.05, 4.69) is 12.2 Å². The van der Waals surface area contributed by atoms with E-state index in [4.69, 9.17) is 4.74 Å².